The first kappa shape index (κ1) is 13.4. The molecular weight excluding hydrogens is 302 g/mol. The molecule has 23 heavy (non-hydrogen) atoms. The van der Waals surface area contributed by atoms with Crippen LogP contribution in [0.15, 0.2) is 11.8 Å². The number of rotatable bonds is 1. The van der Waals surface area contributed by atoms with E-state index in [0.717, 1.165) is 19.5 Å². The molecule has 0 bridgehead atoms. The minimum atomic E-state index is -0.743. The second-order valence-electron chi connectivity index (χ2n) is 6.23. The molecule has 4 aliphatic rings. The van der Waals surface area contributed by atoms with Crippen molar-refractivity contribution in [3.05, 3.63) is 29.0 Å². The Morgan fingerprint density at radius 1 is 1.26 bits per heavy atom. The largest absolute Gasteiger partial charge is 0.388 e. The van der Waals surface area contributed by atoms with Crippen LogP contribution in [0.25, 0.3) is 0 Å². The van der Waals surface area contributed by atoms with E-state index < -0.39 is 18.4 Å². The summed E-state index contributed by atoms with van der Waals surface area (Å²) in [6, 6.07) is 0. The van der Waals surface area contributed by atoms with Crippen molar-refractivity contribution in [2.45, 2.75) is 31.5 Å². The van der Waals surface area contributed by atoms with Crippen LogP contribution in [0.4, 0.5) is 0 Å². The number of fused-ring (bicyclic) bond motifs is 5. The molecule has 0 aromatic carbocycles. The van der Waals surface area contributed by atoms with Crippen molar-refractivity contribution in [2.24, 2.45) is 0 Å². The van der Waals surface area contributed by atoms with Gasteiger partial charge in [-0.15, -0.1) is 0 Å². The van der Waals surface area contributed by atoms with Gasteiger partial charge in [0.2, 0.25) is 11.6 Å². The first-order chi connectivity index (χ1) is 11.1. The monoisotopic (exact) mass is 317 g/mol. The van der Waals surface area contributed by atoms with Crippen LogP contribution in [-0.4, -0.2) is 63.0 Å². The van der Waals surface area contributed by atoms with E-state index in [0.29, 0.717) is 11.5 Å². The highest BCUT2D eigenvalue weighted by Crippen LogP contribution is 2.37. The molecule has 5 rings (SSSR count). The molecule has 1 aromatic heterocycles. The molecule has 8 heteroatoms. The predicted molar refractivity (Wildman–Crippen MR) is 74.7 cm³/mol. The number of aliphatic hydroxyl groups is 1. The Morgan fingerprint density at radius 3 is 2.83 bits per heavy atom. The standard InChI is InChI=1S/C15H15N3O5/c19-8-4-7(17-2-1-3-17)13(21)11-12(8)18-10(16-11)6-22-14-9(20)5-23-15(14)18/h4,9,14-15,20H,1-3,5-6H2/t9-,14-,15+/m1/s1. The van der Waals surface area contributed by atoms with Crippen LogP contribution in [0.1, 0.15) is 39.5 Å². The molecular formula is C15H15N3O5. The topological polar surface area (TPSA) is 93.9 Å². The predicted octanol–water partition coefficient (Wildman–Crippen LogP) is -0.360. The number of ether oxygens (including phenoxy) is 2. The van der Waals surface area contributed by atoms with Gasteiger partial charge in [0.1, 0.15) is 36.0 Å². The normalized spacial score (nSPS) is 32.1. The van der Waals surface area contributed by atoms with E-state index in [9.17, 15) is 14.7 Å². The van der Waals surface area contributed by atoms with Gasteiger partial charge < -0.3 is 19.5 Å². The minimum absolute atomic E-state index is 0.138. The third kappa shape index (κ3) is 1.68. The average Bonchev–Trinajstić information content (AvgIpc) is 3.04. The highest BCUT2D eigenvalue weighted by molar-refractivity contribution is 6.23. The maximum atomic E-state index is 12.7. The Bertz CT molecular complexity index is 763. The van der Waals surface area contributed by atoms with E-state index in [-0.39, 0.29) is 36.2 Å². The van der Waals surface area contributed by atoms with Crippen LogP contribution in [0.3, 0.4) is 0 Å². The Morgan fingerprint density at radius 2 is 2.09 bits per heavy atom. The highest BCUT2D eigenvalue weighted by Gasteiger charge is 2.46. The molecule has 3 atom stereocenters. The molecule has 0 spiro atoms. The smallest absolute Gasteiger partial charge is 0.229 e. The van der Waals surface area contributed by atoms with Crippen molar-refractivity contribution in [2.75, 3.05) is 19.7 Å². The maximum Gasteiger partial charge on any atom is 0.229 e. The van der Waals surface area contributed by atoms with E-state index in [1.807, 2.05) is 4.90 Å². The summed E-state index contributed by atoms with van der Waals surface area (Å²) in [6.45, 7) is 1.86. The summed E-state index contributed by atoms with van der Waals surface area (Å²) in [7, 11) is 0. The summed E-state index contributed by atoms with van der Waals surface area (Å²) >= 11 is 0. The lowest BCUT2D eigenvalue weighted by atomic mass is 9.99. The quantitative estimate of drug-likeness (QED) is 0.756. The number of aliphatic hydroxyl groups excluding tert-OH is 1. The average molecular weight is 317 g/mol. The van der Waals surface area contributed by atoms with Crippen LogP contribution in [-0.2, 0) is 16.1 Å². The second kappa shape index (κ2) is 4.50. The Labute approximate surface area is 131 Å². The van der Waals surface area contributed by atoms with E-state index in [2.05, 4.69) is 4.98 Å². The van der Waals surface area contributed by atoms with Crippen LogP contribution >= 0.6 is 0 Å². The molecule has 0 saturated carbocycles. The Kier molecular flexibility index (Phi) is 2.62. The lowest BCUT2D eigenvalue weighted by Gasteiger charge is -2.35. The number of carbonyl (C=O) groups is 2. The van der Waals surface area contributed by atoms with Gasteiger partial charge in [-0.25, -0.2) is 4.98 Å². The van der Waals surface area contributed by atoms with Crippen molar-refractivity contribution in [3.8, 4) is 0 Å². The molecule has 0 radical (unpaired) electrons. The van der Waals surface area contributed by atoms with E-state index >= 15 is 0 Å². The summed E-state index contributed by atoms with van der Waals surface area (Å²) in [5.41, 5.74) is 0.847. The van der Waals surface area contributed by atoms with Crippen molar-refractivity contribution < 1.29 is 24.2 Å². The number of likely N-dealkylation sites (tertiary alicyclic amines) is 1. The molecule has 0 amide bonds. The SMILES string of the molecule is O=C1C(N2CCC2)=CC(=O)c2c1nc1n2[C@H]2OC[C@@H](O)[C@H]2OC1. The number of hydrogen-bond acceptors (Lipinski definition) is 7. The van der Waals surface area contributed by atoms with Gasteiger partial charge in [-0.05, 0) is 6.42 Å². The van der Waals surface area contributed by atoms with Gasteiger partial charge in [-0.2, -0.15) is 0 Å². The number of allylic oxidation sites excluding steroid dienone is 2. The zero-order valence-corrected chi connectivity index (χ0v) is 12.3. The molecule has 1 aliphatic carbocycles. The molecule has 0 unspecified atom stereocenters. The molecule has 1 N–H and O–H groups in total. The van der Waals surface area contributed by atoms with Crippen LogP contribution in [0.2, 0.25) is 0 Å². The first-order valence-corrected chi connectivity index (χ1v) is 7.73. The van der Waals surface area contributed by atoms with Gasteiger partial charge >= 0.3 is 0 Å². The number of hydrogen-bond donors (Lipinski definition) is 1. The fourth-order valence-corrected chi connectivity index (χ4v) is 3.58. The summed E-state index contributed by atoms with van der Waals surface area (Å²) in [6.07, 6.45) is 0.529. The Balaban J connectivity index is 1.62. The van der Waals surface area contributed by atoms with E-state index in [1.165, 1.54) is 6.08 Å². The molecule has 120 valence electrons. The number of carbonyl (C=O) groups excluding carboxylic acids is 2. The fourth-order valence-electron chi connectivity index (χ4n) is 3.58. The third-order valence-corrected chi connectivity index (χ3v) is 4.89. The zero-order chi connectivity index (χ0) is 15.7. The van der Waals surface area contributed by atoms with E-state index in [4.69, 9.17) is 9.47 Å². The van der Waals surface area contributed by atoms with Crippen LogP contribution in [0.5, 0.6) is 0 Å². The van der Waals surface area contributed by atoms with Crippen molar-refractivity contribution in [3.63, 3.8) is 0 Å². The minimum Gasteiger partial charge on any atom is -0.388 e. The molecule has 1 aromatic rings. The second-order valence-corrected chi connectivity index (χ2v) is 6.23. The first-order valence-electron chi connectivity index (χ1n) is 7.73. The third-order valence-electron chi connectivity index (χ3n) is 4.89. The number of Topliss-reactive ketones (excluding diaryl/α,β-unsaturated/α-hetero) is 1. The van der Waals surface area contributed by atoms with Gasteiger partial charge in [0, 0.05) is 19.2 Å². The Hall–Kier alpha value is -2.03. The van der Waals surface area contributed by atoms with Gasteiger partial charge in [0.25, 0.3) is 0 Å². The lowest BCUT2D eigenvalue weighted by molar-refractivity contribution is -0.0992. The molecule has 2 fully saturated rings. The number of ketones is 2. The summed E-state index contributed by atoms with van der Waals surface area (Å²) in [5.74, 6) is 0.0208. The molecule has 2 saturated heterocycles. The van der Waals surface area contributed by atoms with Gasteiger partial charge in [0.05, 0.1) is 12.3 Å². The molecule has 8 nitrogen and oxygen atoms in total. The van der Waals surface area contributed by atoms with Gasteiger partial charge in [-0.1, -0.05) is 0 Å². The lowest BCUT2D eigenvalue weighted by Crippen LogP contribution is -2.41. The van der Waals surface area contributed by atoms with E-state index in [1.54, 1.807) is 4.57 Å². The number of nitrogens with zero attached hydrogens (tertiary/aromatic N) is 3. The van der Waals surface area contributed by atoms with Crippen molar-refractivity contribution in [1.82, 2.24) is 14.5 Å². The summed E-state index contributed by atoms with van der Waals surface area (Å²) in [5, 5.41) is 9.91. The maximum absolute atomic E-state index is 12.7. The highest BCUT2D eigenvalue weighted by atomic mass is 16.6. The van der Waals surface area contributed by atoms with Crippen LogP contribution < -0.4 is 0 Å². The van der Waals surface area contributed by atoms with Crippen molar-refractivity contribution >= 4 is 11.6 Å². The number of imidazole rings is 1. The van der Waals surface area contributed by atoms with Crippen LogP contribution in [0, 0.1) is 0 Å². The fraction of sp³-hybridized carbons (Fsp3) is 0.533. The number of aromatic nitrogens is 2. The van der Waals surface area contributed by atoms with Crippen molar-refractivity contribution in [1.29, 1.82) is 0 Å². The summed E-state index contributed by atoms with van der Waals surface area (Å²) in [4.78, 5) is 31.6. The molecule has 3 aliphatic heterocycles. The zero-order valence-electron chi connectivity index (χ0n) is 12.3. The molecule has 4 heterocycles. The van der Waals surface area contributed by atoms with Gasteiger partial charge in [-0.3, -0.25) is 14.2 Å². The summed E-state index contributed by atoms with van der Waals surface area (Å²) < 4.78 is 12.8. The van der Waals surface area contributed by atoms with Gasteiger partial charge in [0.15, 0.2) is 6.23 Å².